The normalized spacial score (nSPS) is 11.1. The molecule has 7 heteroatoms. The maximum absolute atomic E-state index is 12.1. The molecule has 0 aliphatic rings. The highest BCUT2D eigenvalue weighted by Gasteiger charge is 2.06. The van der Waals surface area contributed by atoms with Crippen molar-refractivity contribution in [2.75, 3.05) is 11.5 Å². The second-order valence-corrected chi connectivity index (χ2v) is 6.46. The number of anilines is 1. The second-order valence-electron chi connectivity index (χ2n) is 4.47. The quantitative estimate of drug-likeness (QED) is 0.570. The molecule has 0 aliphatic carbocycles. The maximum atomic E-state index is 12.1. The Kier molecular flexibility index (Phi) is 4.03. The summed E-state index contributed by atoms with van der Waals surface area (Å²) >= 11 is 5.14. The van der Waals surface area contributed by atoms with Crippen LogP contribution in [0.25, 0.3) is 5.65 Å². The standard InChI is InChI=1S/C14H13BrN4OS/c15-11-9-10(16)4-5-12(11)21-8-7-19-14(20)18-6-2-1-3-13(18)17-19/h1-6,9H,7-8,16H2. The van der Waals surface area contributed by atoms with E-state index in [1.165, 1.54) is 4.68 Å². The molecule has 0 radical (unpaired) electrons. The van der Waals surface area contributed by atoms with Crippen molar-refractivity contribution in [2.24, 2.45) is 0 Å². The van der Waals surface area contributed by atoms with Gasteiger partial charge in [-0.3, -0.25) is 4.40 Å². The first-order valence-electron chi connectivity index (χ1n) is 6.37. The Labute approximate surface area is 133 Å². The molecule has 0 spiro atoms. The van der Waals surface area contributed by atoms with Crippen LogP contribution in [0.2, 0.25) is 0 Å². The summed E-state index contributed by atoms with van der Waals surface area (Å²) in [4.78, 5) is 13.2. The lowest BCUT2D eigenvalue weighted by atomic mass is 10.3. The SMILES string of the molecule is Nc1ccc(SCCn2nc3ccccn3c2=O)c(Br)c1. The average Bonchev–Trinajstić information content (AvgIpc) is 2.79. The Morgan fingerprint density at radius 2 is 2.14 bits per heavy atom. The smallest absolute Gasteiger partial charge is 0.350 e. The van der Waals surface area contributed by atoms with Crippen LogP contribution >= 0.6 is 27.7 Å². The number of benzene rings is 1. The Hall–Kier alpha value is -1.73. The Morgan fingerprint density at radius 1 is 1.29 bits per heavy atom. The van der Waals surface area contributed by atoms with Crippen molar-refractivity contribution in [3.8, 4) is 0 Å². The zero-order chi connectivity index (χ0) is 14.8. The molecular formula is C14H13BrN4OS. The number of hydrogen-bond donors (Lipinski definition) is 1. The number of hydrogen-bond acceptors (Lipinski definition) is 4. The van der Waals surface area contributed by atoms with Crippen molar-refractivity contribution in [1.82, 2.24) is 14.2 Å². The van der Waals surface area contributed by atoms with E-state index in [0.717, 1.165) is 20.8 Å². The molecule has 0 bridgehead atoms. The predicted octanol–water partition coefficient (Wildman–Crippen LogP) is 2.63. The minimum Gasteiger partial charge on any atom is -0.399 e. The van der Waals surface area contributed by atoms with Gasteiger partial charge in [-0.2, -0.15) is 0 Å². The van der Waals surface area contributed by atoms with E-state index in [0.29, 0.717) is 12.2 Å². The van der Waals surface area contributed by atoms with Crippen molar-refractivity contribution in [3.05, 3.63) is 57.6 Å². The number of fused-ring (bicyclic) bond motifs is 1. The summed E-state index contributed by atoms with van der Waals surface area (Å²) in [5.41, 5.74) is 7.00. The van der Waals surface area contributed by atoms with Crippen LogP contribution < -0.4 is 11.4 Å². The van der Waals surface area contributed by atoms with Crippen molar-refractivity contribution in [1.29, 1.82) is 0 Å². The molecule has 0 saturated heterocycles. The van der Waals surface area contributed by atoms with Crippen LogP contribution in [0.4, 0.5) is 5.69 Å². The van der Waals surface area contributed by atoms with Gasteiger partial charge >= 0.3 is 5.69 Å². The predicted molar refractivity (Wildman–Crippen MR) is 88.7 cm³/mol. The molecule has 0 saturated carbocycles. The van der Waals surface area contributed by atoms with Crippen LogP contribution in [0.5, 0.6) is 0 Å². The number of rotatable bonds is 4. The van der Waals surface area contributed by atoms with E-state index < -0.39 is 0 Å². The third-order valence-corrected chi connectivity index (χ3v) is 4.98. The van der Waals surface area contributed by atoms with Crippen LogP contribution in [-0.2, 0) is 6.54 Å². The minimum absolute atomic E-state index is 0.109. The largest absolute Gasteiger partial charge is 0.399 e. The number of nitrogens with two attached hydrogens (primary N) is 1. The molecule has 108 valence electrons. The number of aryl methyl sites for hydroxylation is 1. The van der Waals surface area contributed by atoms with Gasteiger partial charge in [0.25, 0.3) is 0 Å². The van der Waals surface area contributed by atoms with Crippen molar-refractivity contribution < 1.29 is 0 Å². The molecule has 1 aromatic carbocycles. The summed E-state index contributed by atoms with van der Waals surface area (Å²) in [6.07, 6.45) is 1.73. The Morgan fingerprint density at radius 3 is 2.90 bits per heavy atom. The van der Waals surface area contributed by atoms with E-state index >= 15 is 0 Å². The summed E-state index contributed by atoms with van der Waals surface area (Å²) in [5.74, 6) is 0.756. The fraction of sp³-hybridized carbons (Fsp3) is 0.143. The van der Waals surface area contributed by atoms with Gasteiger partial charge in [-0.1, -0.05) is 6.07 Å². The minimum atomic E-state index is -0.109. The van der Waals surface area contributed by atoms with Crippen molar-refractivity contribution in [2.45, 2.75) is 11.4 Å². The second kappa shape index (κ2) is 5.95. The first kappa shape index (κ1) is 14.2. The number of aromatic nitrogens is 3. The van der Waals surface area contributed by atoms with Crippen LogP contribution in [0, 0.1) is 0 Å². The first-order valence-corrected chi connectivity index (χ1v) is 8.15. The molecule has 0 unspecified atom stereocenters. The molecule has 21 heavy (non-hydrogen) atoms. The molecule has 0 aliphatic heterocycles. The lowest BCUT2D eigenvalue weighted by Crippen LogP contribution is -2.21. The number of thioether (sulfide) groups is 1. The maximum Gasteiger partial charge on any atom is 0.350 e. The van der Waals surface area contributed by atoms with Crippen molar-refractivity contribution >= 4 is 39.0 Å². The highest BCUT2D eigenvalue weighted by Crippen LogP contribution is 2.29. The number of halogens is 1. The van der Waals surface area contributed by atoms with Gasteiger partial charge in [-0.15, -0.1) is 16.9 Å². The van der Waals surface area contributed by atoms with Gasteiger partial charge in [0.05, 0.1) is 6.54 Å². The zero-order valence-electron chi connectivity index (χ0n) is 11.1. The van der Waals surface area contributed by atoms with Gasteiger partial charge in [0.15, 0.2) is 5.65 Å². The molecule has 3 rings (SSSR count). The van der Waals surface area contributed by atoms with Gasteiger partial charge in [-0.05, 0) is 46.3 Å². The van der Waals surface area contributed by atoms with Crippen LogP contribution in [-0.4, -0.2) is 19.9 Å². The monoisotopic (exact) mass is 364 g/mol. The lowest BCUT2D eigenvalue weighted by Gasteiger charge is -2.04. The molecule has 0 atom stereocenters. The van der Waals surface area contributed by atoms with Gasteiger partial charge < -0.3 is 5.73 Å². The van der Waals surface area contributed by atoms with Crippen LogP contribution in [0.15, 0.2) is 56.8 Å². The highest BCUT2D eigenvalue weighted by atomic mass is 79.9. The number of nitrogens with zero attached hydrogens (tertiary/aromatic N) is 3. The summed E-state index contributed by atoms with van der Waals surface area (Å²) in [6.45, 7) is 0.558. The molecule has 5 nitrogen and oxygen atoms in total. The van der Waals surface area contributed by atoms with E-state index in [1.54, 1.807) is 22.4 Å². The van der Waals surface area contributed by atoms with Crippen molar-refractivity contribution in [3.63, 3.8) is 0 Å². The molecule has 3 aromatic rings. The fourth-order valence-corrected chi connectivity index (χ4v) is 3.58. The van der Waals surface area contributed by atoms with Crippen LogP contribution in [0.3, 0.4) is 0 Å². The van der Waals surface area contributed by atoms with Gasteiger partial charge in [0.1, 0.15) is 0 Å². The number of pyridine rings is 1. The van der Waals surface area contributed by atoms with Gasteiger partial charge in [0.2, 0.25) is 0 Å². The molecular weight excluding hydrogens is 352 g/mol. The lowest BCUT2D eigenvalue weighted by molar-refractivity contribution is 0.639. The van der Waals surface area contributed by atoms with Crippen LogP contribution in [0.1, 0.15) is 0 Å². The Bertz CT molecular complexity index is 842. The van der Waals surface area contributed by atoms with Gasteiger partial charge in [-0.25, -0.2) is 9.48 Å². The summed E-state index contributed by atoms with van der Waals surface area (Å²) in [7, 11) is 0. The molecule has 0 amide bonds. The van der Waals surface area contributed by atoms with E-state index in [9.17, 15) is 4.79 Å². The first-order chi connectivity index (χ1) is 10.1. The molecule has 2 N–H and O–H groups in total. The molecule has 2 aromatic heterocycles. The number of nitrogen functional groups attached to an aromatic ring is 1. The summed E-state index contributed by atoms with van der Waals surface area (Å²) in [5, 5.41) is 4.30. The van der Waals surface area contributed by atoms with Gasteiger partial charge in [0, 0.05) is 27.0 Å². The van der Waals surface area contributed by atoms with E-state index in [1.807, 2.05) is 36.4 Å². The topological polar surface area (TPSA) is 65.3 Å². The Balaban J connectivity index is 1.72. The third-order valence-electron chi connectivity index (χ3n) is 3.01. The third kappa shape index (κ3) is 2.98. The molecule has 0 fully saturated rings. The fourth-order valence-electron chi connectivity index (χ4n) is 1.99. The van der Waals surface area contributed by atoms with E-state index in [2.05, 4.69) is 21.0 Å². The summed E-state index contributed by atoms with van der Waals surface area (Å²) < 4.78 is 4.01. The highest BCUT2D eigenvalue weighted by molar-refractivity contribution is 9.10. The zero-order valence-corrected chi connectivity index (χ0v) is 13.5. The average molecular weight is 365 g/mol. The molecule has 2 heterocycles. The summed E-state index contributed by atoms with van der Waals surface area (Å²) in [6, 6.07) is 11.2. The van der Waals surface area contributed by atoms with E-state index in [-0.39, 0.29) is 5.69 Å². The van der Waals surface area contributed by atoms with E-state index in [4.69, 9.17) is 5.73 Å².